The molecular weight excluding hydrogens is 436 g/mol. The van der Waals surface area contributed by atoms with Crippen LogP contribution in [0.15, 0.2) is 41.2 Å². The van der Waals surface area contributed by atoms with Gasteiger partial charge in [-0.15, -0.1) is 0 Å². The maximum atomic E-state index is 12.1. The van der Waals surface area contributed by atoms with Gasteiger partial charge in [-0.2, -0.15) is 0 Å². The molecule has 5 rings (SSSR count). The maximum Gasteiger partial charge on any atom is 0.224 e. The van der Waals surface area contributed by atoms with Gasteiger partial charge in [0.15, 0.2) is 5.65 Å². The van der Waals surface area contributed by atoms with Crippen molar-refractivity contribution in [3.63, 3.8) is 0 Å². The van der Waals surface area contributed by atoms with E-state index in [1.807, 2.05) is 12.1 Å². The number of nitrogens with two attached hydrogens (primary N) is 1. The third kappa shape index (κ3) is 2.88. The van der Waals surface area contributed by atoms with Crippen molar-refractivity contribution in [3.05, 3.63) is 41.2 Å². The topological polar surface area (TPSA) is 119 Å². The van der Waals surface area contributed by atoms with E-state index in [1.54, 1.807) is 19.5 Å². The molecule has 0 saturated heterocycles. The number of primary amides is 1. The number of hydrogen-bond acceptors (Lipinski definition) is 6. The quantitative estimate of drug-likeness (QED) is 0.509. The van der Waals surface area contributed by atoms with Gasteiger partial charge in [-0.3, -0.25) is 4.79 Å². The summed E-state index contributed by atoms with van der Waals surface area (Å²) in [5.74, 6) is 1.05. The van der Waals surface area contributed by atoms with Crippen LogP contribution in [0.25, 0.3) is 22.6 Å². The maximum absolute atomic E-state index is 12.1. The van der Waals surface area contributed by atoms with Crippen LogP contribution in [0.1, 0.15) is 6.42 Å². The molecule has 2 aliphatic carbocycles. The smallest absolute Gasteiger partial charge is 0.224 e. The third-order valence-corrected chi connectivity index (χ3v) is 6.39. The molecule has 0 aliphatic heterocycles. The molecule has 8 nitrogen and oxygen atoms in total. The van der Waals surface area contributed by atoms with Crippen LogP contribution in [0.5, 0.6) is 5.88 Å². The predicted molar refractivity (Wildman–Crippen MR) is 112 cm³/mol. The van der Waals surface area contributed by atoms with Gasteiger partial charge in [-0.05, 0) is 46.3 Å². The SMILES string of the molecule is COc1ncccc1-c1nc2ncc(Br)c(NC3C4C=CC(C4)C3C(N)=O)c2[nH]1. The van der Waals surface area contributed by atoms with E-state index in [4.69, 9.17) is 10.5 Å². The number of nitrogens with one attached hydrogen (secondary N) is 2. The lowest BCUT2D eigenvalue weighted by atomic mass is 9.88. The number of carbonyl (C=O) groups excluding carboxylic acids is 1. The summed E-state index contributed by atoms with van der Waals surface area (Å²) in [5.41, 5.74) is 8.58. The fourth-order valence-electron chi connectivity index (χ4n) is 4.51. The lowest BCUT2D eigenvalue weighted by Crippen LogP contribution is -2.41. The normalized spacial score (nSPS) is 24.9. The minimum atomic E-state index is -0.272. The van der Waals surface area contributed by atoms with Crippen molar-refractivity contribution in [2.24, 2.45) is 23.5 Å². The van der Waals surface area contributed by atoms with E-state index in [-0.39, 0.29) is 29.7 Å². The number of pyridine rings is 2. The fraction of sp³-hybridized carbons (Fsp3) is 0.300. The molecule has 4 N–H and O–H groups in total. The molecule has 148 valence electrons. The number of halogens is 1. The van der Waals surface area contributed by atoms with E-state index >= 15 is 0 Å². The molecule has 2 aliphatic rings. The highest BCUT2D eigenvalue weighted by Crippen LogP contribution is 2.46. The summed E-state index contributed by atoms with van der Waals surface area (Å²) in [4.78, 5) is 28.7. The first-order chi connectivity index (χ1) is 14.1. The van der Waals surface area contributed by atoms with E-state index in [1.165, 1.54) is 0 Å². The summed E-state index contributed by atoms with van der Waals surface area (Å²) in [6, 6.07) is 3.64. The van der Waals surface area contributed by atoms with Gasteiger partial charge < -0.3 is 20.8 Å². The Labute approximate surface area is 175 Å². The third-order valence-electron chi connectivity index (χ3n) is 5.79. The Kier molecular flexibility index (Phi) is 4.27. The number of rotatable bonds is 5. The number of nitrogens with zero attached hydrogens (tertiary/aromatic N) is 3. The highest BCUT2D eigenvalue weighted by atomic mass is 79.9. The second-order valence-electron chi connectivity index (χ2n) is 7.37. The van der Waals surface area contributed by atoms with Crippen LogP contribution < -0.4 is 15.8 Å². The largest absolute Gasteiger partial charge is 0.480 e. The number of methoxy groups -OCH3 is 1. The van der Waals surface area contributed by atoms with E-state index in [0.29, 0.717) is 17.4 Å². The van der Waals surface area contributed by atoms with Crippen molar-refractivity contribution in [2.45, 2.75) is 12.5 Å². The van der Waals surface area contributed by atoms with Crippen LogP contribution in [0.4, 0.5) is 5.69 Å². The Morgan fingerprint density at radius 1 is 1.34 bits per heavy atom. The van der Waals surface area contributed by atoms with E-state index in [2.05, 4.69) is 53.3 Å². The molecule has 29 heavy (non-hydrogen) atoms. The number of amides is 1. The molecule has 1 fully saturated rings. The van der Waals surface area contributed by atoms with Crippen molar-refractivity contribution in [3.8, 4) is 17.3 Å². The van der Waals surface area contributed by atoms with Crippen molar-refractivity contribution >= 4 is 38.7 Å². The number of imidazole rings is 1. The Balaban J connectivity index is 1.58. The lowest BCUT2D eigenvalue weighted by molar-refractivity contribution is -0.122. The van der Waals surface area contributed by atoms with Gasteiger partial charge in [0.05, 0.1) is 28.8 Å². The summed E-state index contributed by atoms with van der Waals surface area (Å²) in [7, 11) is 1.57. The lowest BCUT2D eigenvalue weighted by Gasteiger charge is -2.28. The molecule has 4 atom stereocenters. The molecule has 4 unspecified atom stereocenters. The monoisotopic (exact) mass is 454 g/mol. The summed E-state index contributed by atoms with van der Waals surface area (Å²) in [6.45, 7) is 0. The van der Waals surface area contributed by atoms with Crippen molar-refractivity contribution < 1.29 is 9.53 Å². The number of H-pyrrole nitrogens is 1. The number of carbonyl (C=O) groups is 1. The zero-order valence-corrected chi connectivity index (χ0v) is 17.2. The molecule has 3 heterocycles. The van der Waals surface area contributed by atoms with Crippen LogP contribution in [0.2, 0.25) is 0 Å². The van der Waals surface area contributed by atoms with Crippen molar-refractivity contribution in [1.29, 1.82) is 0 Å². The van der Waals surface area contributed by atoms with Gasteiger partial charge in [-0.1, -0.05) is 12.2 Å². The van der Waals surface area contributed by atoms with Gasteiger partial charge in [-0.25, -0.2) is 15.0 Å². The number of fused-ring (bicyclic) bond motifs is 3. The minimum absolute atomic E-state index is 0.0657. The van der Waals surface area contributed by atoms with Crippen molar-refractivity contribution in [2.75, 3.05) is 12.4 Å². The molecule has 1 saturated carbocycles. The Morgan fingerprint density at radius 3 is 2.97 bits per heavy atom. The van der Waals surface area contributed by atoms with Crippen LogP contribution in [0, 0.1) is 17.8 Å². The van der Waals surface area contributed by atoms with Gasteiger partial charge in [0.1, 0.15) is 11.3 Å². The molecule has 0 spiro atoms. The van der Waals surface area contributed by atoms with E-state index in [9.17, 15) is 4.79 Å². The molecule has 2 bridgehead atoms. The zero-order chi connectivity index (χ0) is 20.1. The standard InChI is InChI=1S/C20H19BrN6O2/c1-29-20-11(3-2-6-23-20)18-26-16-15(12(21)8-24-19(16)27-18)25-14-10-5-4-9(7-10)13(14)17(22)28/h2-6,8-10,13-14H,7H2,1H3,(H2,22,28)(H2,24,25,26,27). The minimum Gasteiger partial charge on any atom is -0.480 e. The highest BCUT2D eigenvalue weighted by Gasteiger charge is 2.47. The van der Waals surface area contributed by atoms with Crippen LogP contribution in [0.3, 0.4) is 0 Å². The number of ether oxygens (including phenoxy) is 1. The average Bonchev–Trinajstić information content (AvgIpc) is 3.44. The average molecular weight is 455 g/mol. The van der Waals surface area contributed by atoms with Gasteiger partial charge in [0, 0.05) is 18.4 Å². The van der Waals surface area contributed by atoms with Gasteiger partial charge in [0.25, 0.3) is 0 Å². The van der Waals surface area contributed by atoms with Crippen LogP contribution in [-0.2, 0) is 4.79 Å². The molecular formula is C20H19BrN6O2. The molecule has 3 aromatic rings. The summed E-state index contributed by atoms with van der Waals surface area (Å²) in [5, 5.41) is 3.55. The molecule has 0 radical (unpaired) electrons. The molecule has 9 heteroatoms. The highest BCUT2D eigenvalue weighted by molar-refractivity contribution is 9.10. The van der Waals surface area contributed by atoms with Gasteiger partial charge >= 0.3 is 0 Å². The van der Waals surface area contributed by atoms with Crippen LogP contribution >= 0.6 is 15.9 Å². The Bertz CT molecular complexity index is 1140. The Morgan fingerprint density at radius 2 is 2.17 bits per heavy atom. The summed E-state index contributed by atoms with van der Waals surface area (Å²) >= 11 is 3.58. The molecule has 3 aromatic heterocycles. The van der Waals surface area contributed by atoms with Gasteiger partial charge in [0.2, 0.25) is 11.8 Å². The number of aromatic nitrogens is 4. The molecule has 1 amide bonds. The first-order valence-corrected chi connectivity index (χ1v) is 10.1. The Hall–Kier alpha value is -2.94. The fourth-order valence-corrected chi connectivity index (χ4v) is 4.92. The second kappa shape index (κ2) is 6.84. The van der Waals surface area contributed by atoms with E-state index in [0.717, 1.165) is 27.7 Å². The van der Waals surface area contributed by atoms with Crippen LogP contribution in [-0.4, -0.2) is 39.0 Å². The zero-order valence-electron chi connectivity index (χ0n) is 15.6. The summed E-state index contributed by atoms with van der Waals surface area (Å²) < 4.78 is 6.14. The second-order valence-corrected chi connectivity index (χ2v) is 8.23. The van der Waals surface area contributed by atoms with E-state index < -0.39 is 0 Å². The number of anilines is 1. The predicted octanol–water partition coefficient (Wildman–Crippen LogP) is 2.88. The first kappa shape index (κ1) is 18.1. The number of allylic oxidation sites excluding steroid dienone is 1. The summed E-state index contributed by atoms with van der Waals surface area (Å²) in [6.07, 6.45) is 8.60. The number of hydrogen-bond donors (Lipinski definition) is 3. The number of aromatic amines is 1. The van der Waals surface area contributed by atoms with Crippen molar-refractivity contribution in [1.82, 2.24) is 19.9 Å². The molecule has 0 aromatic carbocycles. The first-order valence-electron chi connectivity index (χ1n) is 9.34.